The molecule has 3 aromatic rings. The van der Waals surface area contributed by atoms with Crippen molar-refractivity contribution < 1.29 is 39.9 Å². The van der Waals surface area contributed by atoms with Gasteiger partial charge in [-0.1, -0.05) is 0 Å². The predicted octanol–water partition coefficient (Wildman–Crippen LogP) is 3.18. The summed E-state index contributed by atoms with van der Waals surface area (Å²) in [7, 11) is 1.18. The van der Waals surface area contributed by atoms with Crippen LogP contribution in [-0.2, 0) is 12.7 Å². The zero-order valence-electron chi connectivity index (χ0n) is 14.6. The van der Waals surface area contributed by atoms with Crippen LogP contribution in [0, 0.1) is 0 Å². The summed E-state index contributed by atoms with van der Waals surface area (Å²) in [5, 5.41) is 6.87. The van der Waals surface area contributed by atoms with E-state index < -0.39 is 52.8 Å². The van der Waals surface area contributed by atoms with E-state index in [1.165, 1.54) is 7.11 Å². The maximum Gasteiger partial charge on any atom is 0.455 e. The van der Waals surface area contributed by atoms with Crippen molar-refractivity contribution >= 4 is 5.65 Å². The number of fused-ring (bicyclic) bond motifs is 1. The second-order valence-electron chi connectivity index (χ2n) is 5.91. The summed E-state index contributed by atoms with van der Waals surface area (Å²) in [6.07, 6.45) is -10.0. The first-order valence-corrected chi connectivity index (χ1v) is 7.77. The summed E-state index contributed by atoms with van der Waals surface area (Å²) in [6.45, 7) is -1.99. The van der Waals surface area contributed by atoms with Crippen LogP contribution in [0.4, 0.5) is 35.1 Å². The number of nitrogens with zero attached hydrogens (tertiary/aromatic N) is 5. The second-order valence-corrected chi connectivity index (χ2v) is 5.91. The van der Waals surface area contributed by atoms with Gasteiger partial charge in [0.05, 0.1) is 18.9 Å². The van der Waals surface area contributed by atoms with Crippen LogP contribution < -0.4 is 10.3 Å². The molecule has 0 unspecified atom stereocenters. The molecule has 0 saturated heterocycles. The maximum absolute atomic E-state index is 13.5. The monoisotopic (exact) mass is 443 g/mol. The Morgan fingerprint density at radius 1 is 1.07 bits per heavy atom. The molecule has 0 fully saturated rings. The lowest BCUT2D eigenvalue weighted by atomic mass is 10.1. The molecule has 0 aromatic carbocycles. The van der Waals surface area contributed by atoms with Crippen molar-refractivity contribution in [3.8, 4) is 17.0 Å². The first-order valence-electron chi connectivity index (χ1n) is 7.77. The van der Waals surface area contributed by atoms with E-state index in [0.717, 1.165) is 12.1 Å². The van der Waals surface area contributed by atoms with Crippen molar-refractivity contribution in [1.82, 2.24) is 24.4 Å². The largest absolute Gasteiger partial charge is 0.480 e. The van der Waals surface area contributed by atoms with Gasteiger partial charge in [-0.15, -0.1) is 5.10 Å². The van der Waals surface area contributed by atoms with Crippen molar-refractivity contribution in [3.63, 3.8) is 0 Å². The van der Waals surface area contributed by atoms with Crippen LogP contribution in [0.5, 0.6) is 5.88 Å². The van der Waals surface area contributed by atoms with Gasteiger partial charge in [-0.3, -0.25) is 9.48 Å². The molecule has 30 heavy (non-hydrogen) atoms. The minimum atomic E-state index is -5.90. The Morgan fingerprint density at radius 2 is 1.73 bits per heavy atom. The number of methoxy groups -OCH3 is 1. The number of hydrogen-bond donors (Lipinski definition) is 0. The Morgan fingerprint density at radius 3 is 2.30 bits per heavy atom. The molecule has 7 nitrogen and oxygen atoms in total. The van der Waals surface area contributed by atoms with Crippen molar-refractivity contribution in [3.05, 3.63) is 40.6 Å². The Kier molecular flexibility index (Phi) is 4.94. The Hall–Kier alpha value is -3.26. The highest BCUT2D eigenvalue weighted by Crippen LogP contribution is 2.37. The molecule has 0 bridgehead atoms. The smallest absolute Gasteiger partial charge is 0.455 e. The van der Waals surface area contributed by atoms with Gasteiger partial charge in [0.15, 0.2) is 11.3 Å². The molecule has 3 aromatic heterocycles. The molecule has 0 saturated carbocycles. The minimum absolute atomic E-state index is 0.0796. The van der Waals surface area contributed by atoms with Crippen LogP contribution in [0.3, 0.4) is 0 Å². The average Bonchev–Trinajstić information content (AvgIpc) is 3.06. The predicted molar refractivity (Wildman–Crippen MR) is 83.0 cm³/mol. The van der Waals surface area contributed by atoms with Gasteiger partial charge >= 0.3 is 18.3 Å². The Bertz CT molecular complexity index is 1150. The minimum Gasteiger partial charge on any atom is -0.480 e. The molecule has 0 amide bonds. The molecule has 0 aliphatic heterocycles. The fourth-order valence-electron chi connectivity index (χ4n) is 2.46. The zero-order valence-corrected chi connectivity index (χ0v) is 14.6. The quantitative estimate of drug-likeness (QED) is 0.580. The molecule has 0 radical (unpaired) electrons. The highest BCUT2D eigenvalue weighted by molar-refractivity contribution is 5.66. The molecule has 3 heterocycles. The lowest BCUT2D eigenvalue weighted by Gasteiger charge is -2.19. The van der Waals surface area contributed by atoms with Crippen molar-refractivity contribution in [2.75, 3.05) is 7.11 Å². The van der Waals surface area contributed by atoms with E-state index in [1.807, 2.05) is 0 Å². The summed E-state index contributed by atoms with van der Waals surface area (Å²) in [5.74, 6) is -5.34. The third-order valence-electron chi connectivity index (χ3n) is 3.83. The van der Waals surface area contributed by atoms with E-state index in [-0.39, 0.29) is 10.6 Å². The fourth-order valence-corrected chi connectivity index (χ4v) is 2.46. The molecular weight excluding hydrogens is 434 g/mol. The van der Waals surface area contributed by atoms with Crippen molar-refractivity contribution in [2.45, 2.75) is 24.8 Å². The number of halogens is 8. The molecule has 3 rings (SSSR count). The lowest BCUT2D eigenvalue weighted by Crippen LogP contribution is -2.40. The lowest BCUT2D eigenvalue weighted by molar-refractivity contribution is -0.287. The topological polar surface area (TPSA) is 74.3 Å². The molecule has 0 spiro atoms. The van der Waals surface area contributed by atoms with Gasteiger partial charge in [0.2, 0.25) is 5.88 Å². The highest BCUT2D eigenvalue weighted by Gasteiger charge is 2.57. The average molecular weight is 443 g/mol. The van der Waals surface area contributed by atoms with Crippen LogP contribution in [-0.4, -0.2) is 43.6 Å². The summed E-state index contributed by atoms with van der Waals surface area (Å²) >= 11 is 0. The SMILES string of the molecule is COc1ccc2nc(C(F)(F)F)c(-c3cnn(CC(F)(F)C(F)(F)F)c3)c(=O)n2n1. The summed E-state index contributed by atoms with van der Waals surface area (Å²) in [6, 6.07) is 2.18. The van der Waals surface area contributed by atoms with Gasteiger partial charge in [0.25, 0.3) is 5.56 Å². The number of ether oxygens (including phenoxy) is 1. The normalized spacial score (nSPS) is 13.1. The van der Waals surface area contributed by atoms with Crippen molar-refractivity contribution in [1.29, 1.82) is 0 Å². The molecule has 0 aliphatic carbocycles. The fraction of sp³-hybridized carbons (Fsp3) is 0.333. The number of alkyl halides is 8. The Labute approximate surface area is 160 Å². The second kappa shape index (κ2) is 6.91. The van der Waals surface area contributed by atoms with Gasteiger partial charge in [-0.25, -0.2) is 4.98 Å². The first-order chi connectivity index (χ1) is 13.7. The molecule has 15 heteroatoms. The van der Waals surface area contributed by atoms with Gasteiger partial charge in [0.1, 0.15) is 6.54 Å². The van der Waals surface area contributed by atoms with Crippen LogP contribution in [0.25, 0.3) is 16.8 Å². The maximum atomic E-state index is 13.5. The third kappa shape index (κ3) is 3.78. The standard InChI is InChI=1S/C15H9F8N5O2/c1-30-9-3-2-8-25-11(14(18,19)20)10(12(29)28(8)26-9)7-4-24-27(5-7)6-13(16,17)15(21,22)23/h2-5H,6H2,1H3. The van der Waals surface area contributed by atoms with E-state index in [1.54, 1.807) is 0 Å². The third-order valence-corrected chi connectivity index (χ3v) is 3.83. The van der Waals surface area contributed by atoms with E-state index in [9.17, 15) is 39.9 Å². The Balaban J connectivity index is 2.19. The van der Waals surface area contributed by atoms with E-state index in [2.05, 4.69) is 15.2 Å². The summed E-state index contributed by atoms with van der Waals surface area (Å²) < 4.78 is 109. The van der Waals surface area contributed by atoms with Gasteiger partial charge < -0.3 is 4.74 Å². The molecule has 0 atom stereocenters. The van der Waals surface area contributed by atoms with Crippen LogP contribution in [0.15, 0.2) is 29.3 Å². The van der Waals surface area contributed by atoms with Gasteiger partial charge in [-0.05, 0) is 6.07 Å². The molecule has 0 aliphatic rings. The summed E-state index contributed by atoms with van der Waals surface area (Å²) in [4.78, 5) is 16.0. The van der Waals surface area contributed by atoms with Crippen LogP contribution in [0.1, 0.15) is 5.69 Å². The van der Waals surface area contributed by atoms with Crippen LogP contribution in [0.2, 0.25) is 0 Å². The number of rotatable bonds is 4. The van der Waals surface area contributed by atoms with Gasteiger partial charge in [0, 0.05) is 17.8 Å². The number of aromatic nitrogens is 5. The zero-order chi connectivity index (χ0) is 22.5. The number of hydrogen-bond acceptors (Lipinski definition) is 5. The molecule has 162 valence electrons. The molecule has 0 N–H and O–H groups in total. The first kappa shape index (κ1) is 21.4. The summed E-state index contributed by atoms with van der Waals surface area (Å²) in [5.41, 5.74) is -5.32. The van der Waals surface area contributed by atoms with Gasteiger partial charge in [-0.2, -0.15) is 44.7 Å². The van der Waals surface area contributed by atoms with Crippen molar-refractivity contribution in [2.24, 2.45) is 0 Å². The van der Waals surface area contributed by atoms with E-state index in [0.29, 0.717) is 16.9 Å². The highest BCUT2D eigenvalue weighted by atomic mass is 19.4. The molecular formula is C15H9F8N5O2. The van der Waals surface area contributed by atoms with E-state index in [4.69, 9.17) is 4.74 Å². The van der Waals surface area contributed by atoms with Crippen LogP contribution >= 0.6 is 0 Å². The van der Waals surface area contributed by atoms with E-state index >= 15 is 0 Å².